The second kappa shape index (κ2) is 12.4. The molecule has 0 radical (unpaired) electrons. The van der Waals surface area contributed by atoms with Crippen molar-refractivity contribution in [3.8, 4) is 17.2 Å². The molecule has 0 bridgehead atoms. The minimum atomic E-state index is -4.76. The average Bonchev–Trinajstić information content (AvgIpc) is 3.24. The molecule has 1 atom stereocenters. The number of alkyl halides is 3. The van der Waals surface area contributed by atoms with Crippen molar-refractivity contribution in [2.75, 3.05) is 13.1 Å². The zero-order valence-electron chi connectivity index (χ0n) is 17.7. The van der Waals surface area contributed by atoms with E-state index in [9.17, 15) is 18.3 Å². The van der Waals surface area contributed by atoms with Gasteiger partial charge in [0.05, 0.1) is 12.6 Å². The molecule has 0 spiro atoms. The molecule has 0 fully saturated rings. The molecule has 0 aliphatic heterocycles. The lowest BCUT2D eigenvalue weighted by molar-refractivity contribution is -0.274. The summed E-state index contributed by atoms with van der Waals surface area (Å²) in [6.07, 6.45) is -4.19. The molecule has 1 heterocycles. The van der Waals surface area contributed by atoms with Crippen molar-refractivity contribution in [1.29, 1.82) is 0 Å². The van der Waals surface area contributed by atoms with Gasteiger partial charge in [-0.3, -0.25) is 0 Å². The van der Waals surface area contributed by atoms with E-state index in [1.807, 2.05) is 37.3 Å². The molecule has 1 aromatic heterocycles. The predicted octanol–water partition coefficient (Wildman–Crippen LogP) is 4.65. The first-order valence-electron chi connectivity index (χ1n) is 9.90. The molecule has 0 aliphatic rings. The van der Waals surface area contributed by atoms with Crippen LogP contribution in [0.1, 0.15) is 24.3 Å². The Bertz CT molecular complexity index is 1010. The second-order valence-electron chi connectivity index (χ2n) is 6.72. The molecule has 0 saturated carbocycles. The molecule has 7 nitrogen and oxygen atoms in total. The summed E-state index contributed by atoms with van der Waals surface area (Å²) in [6.45, 7) is 2.85. The van der Waals surface area contributed by atoms with E-state index in [1.54, 1.807) is 0 Å². The van der Waals surface area contributed by atoms with E-state index in [0.29, 0.717) is 29.7 Å². The van der Waals surface area contributed by atoms with Crippen LogP contribution < -0.4 is 15.4 Å². The molecule has 0 saturated heterocycles. The quantitative estimate of drug-likeness (QED) is 0.206. The van der Waals surface area contributed by atoms with Crippen molar-refractivity contribution < 1.29 is 27.4 Å². The molecule has 178 valence electrons. The van der Waals surface area contributed by atoms with E-state index < -0.39 is 12.5 Å². The number of halogens is 4. The number of aromatic nitrogens is 1. The molecule has 0 aliphatic carbocycles. The van der Waals surface area contributed by atoms with Crippen LogP contribution in [-0.4, -0.2) is 35.5 Å². The molecular weight excluding hydrogens is 552 g/mol. The summed E-state index contributed by atoms with van der Waals surface area (Å²) in [5.41, 5.74) is 1.94. The summed E-state index contributed by atoms with van der Waals surface area (Å²) in [5, 5.41) is 16.4. The number of hydrogen-bond donors (Lipinski definition) is 3. The van der Waals surface area contributed by atoms with Crippen LogP contribution in [0.4, 0.5) is 13.2 Å². The Balaban J connectivity index is 0.00000385. The Labute approximate surface area is 206 Å². The summed E-state index contributed by atoms with van der Waals surface area (Å²) in [7, 11) is 0. The number of ether oxygens (including phenoxy) is 1. The Morgan fingerprint density at radius 2 is 1.82 bits per heavy atom. The van der Waals surface area contributed by atoms with Crippen LogP contribution in [0.25, 0.3) is 11.5 Å². The van der Waals surface area contributed by atoms with Gasteiger partial charge in [0.25, 0.3) is 0 Å². The second-order valence-corrected chi connectivity index (χ2v) is 6.72. The number of nitrogens with zero attached hydrogens (tertiary/aromatic N) is 2. The summed E-state index contributed by atoms with van der Waals surface area (Å²) in [5.74, 6) is 0.605. The number of nitrogens with one attached hydrogen (secondary N) is 2. The van der Waals surface area contributed by atoms with E-state index in [2.05, 4.69) is 25.3 Å². The maximum absolute atomic E-state index is 12.3. The molecule has 3 rings (SSSR count). The van der Waals surface area contributed by atoms with Crippen LogP contribution in [0.2, 0.25) is 0 Å². The van der Waals surface area contributed by atoms with Crippen molar-refractivity contribution >= 4 is 29.9 Å². The number of oxazole rings is 1. The van der Waals surface area contributed by atoms with Crippen molar-refractivity contribution in [3.63, 3.8) is 0 Å². The third-order valence-corrected chi connectivity index (χ3v) is 4.28. The van der Waals surface area contributed by atoms with Gasteiger partial charge in [0.1, 0.15) is 17.7 Å². The van der Waals surface area contributed by atoms with Gasteiger partial charge in [-0.2, -0.15) is 0 Å². The number of guanidine groups is 1. The maximum Gasteiger partial charge on any atom is 0.573 e. The van der Waals surface area contributed by atoms with E-state index >= 15 is 0 Å². The minimum absolute atomic E-state index is 0. The average molecular weight is 576 g/mol. The van der Waals surface area contributed by atoms with Gasteiger partial charge < -0.3 is 24.9 Å². The van der Waals surface area contributed by atoms with Gasteiger partial charge in [-0.05, 0) is 36.8 Å². The number of aliphatic imine (C=N–C) groups is 1. The molecule has 33 heavy (non-hydrogen) atoms. The summed E-state index contributed by atoms with van der Waals surface area (Å²) >= 11 is 0. The highest BCUT2D eigenvalue weighted by Crippen LogP contribution is 2.24. The monoisotopic (exact) mass is 576 g/mol. The highest BCUT2D eigenvalue weighted by Gasteiger charge is 2.31. The van der Waals surface area contributed by atoms with Crippen molar-refractivity contribution in [1.82, 2.24) is 15.6 Å². The first-order chi connectivity index (χ1) is 15.3. The largest absolute Gasteiger partial charge is 0.573 e. The van der Waals surface area contributed by atoms with Crippen LogP contribution in [-0.2, 0) is 6.54 Å². The topological polar surface area (TPSA) is 91.9 Å². The summed E-state index contributed by atoms with van der Waals surface area (Å²) in [6, 6.07) is 14.5. The third kappa shape index (κ3) is 8.57. The summed E-state index contributed by atoms with van der Waals surface area (Å²) in [4.78, 5) is 8.84. The third-order valence-electron chi connectivity index (χ3n) is 4.28. The van der Waals surface area contributed by atoms with Crippen molar-refractivity contribution in [2.45, 2.75) is 25.9 Å². The fourth-order valence-electron chi connectivity index (χ4n) is 2.80. The SMILES string of the molecule is CCNC(=NCc1coc(-c2ccccc2)n1)NCC(O)c1ccc(OC(F)(F)F)cc1.I. The minimum Gasteiger partial charge on any atom is -0.444 e. The van der Waals surface area contributed by atoms with Crippen LogP contribution in [0.3, 0.4) is 0 Å². The Morgan fingerprint density at radius 3 is 2.45 bits per heavy atom. The highest BCUT2D eigenvalue weighted by atomic mass is 127. The van der Waals surface area contributed by atoms with Crippen LogP contribution in [0.5, 0.6) is 5.75 Å². The zero-order valence-corrected chi connectivity index (χ0v) is 20.0. The van der Waals surface area contributed by atoms with E-state index in [0.717, 1.165) is 17.7 Å². The molecule has 3 aromatic rings. The number of hydrogen-bond acceptors (Lipinski definition) is 5. The number of rotatable bonds is 8. The van der Waals surface area contributed by atoms with Crippen LogP contribution >= 0.6 is 24.0 Å². The normalized spacial score (nSPS) is 12.6. The molecule has 1 unspecified atom stereocenters. The fourth-order valence-corrected chi connectivity index (χ4v) is 2.80. The fraction of sp³-hybridized carbons (Fsp3) is 0.273. The lowest BCUT2D eigenvalue weighted by Gasteiger charge is -2.16. The molecule has 3 N–H and O–H groups in total. The van der Waals surface area contributed by atoms with Gasteiger partial charge in [0, 0.05) is 18.7 Å². The Kier molecular flexibility index (Phi) is 9.97. The highest BCUT2D eigenvalue weighted by molar-refractivity contribution is 14.0. The Morgan fingerprint density at radius 1 is 1.12 bits per heavy atom. The standard InChI is InChI=1S/C22H23F3N4O3.HI/c1-2-26-21(27-12-17-14-31-20(29-17)16-6-4-3-5-7-16)28-13-19(30)15-8-10-18(11-9-15)32-22(23,24)25;/h3-11,14,19,30H,2,12-13H2,1H3,(H2,26,27,28);1H. The van der Waals surface area contributed by atoms with Gasteiger partial charge >= 0.3 is 6.36 Å². The van der Waals surface area contributed by atoms with Gasteiger partial charge in [0.2, 0.25) is 5.89 Å². The van der Waals surface area contributed by atoms with Crippen molar-refractivity contribution in [3.05, 3.63) is 72.1 Å². The van der Waals surface area contributed by atoms with E-state index in [1.165, 1.54) is 18.4 Å². The van der Waals surface area contributed by atoms with Gasteiger partial charge in [0.15, 0.2) is 5.96 Å². The number of benzene rings is 2. The molecule has 11 heteroatoms. The van der Waals surface area contributed by atoms with Crippen LogP contribution in [0.15, 0.2) is 70.3 Å². The molecular formula is C22H24F3IN4O3. The lowest BCUT2D eigenvalue weighted by atomic mass is 10.1. The van der Waals surface area contributed by atoms with E-state index in [-0.39, 0.29) is 42.8 Å². The predicted molar refractivity (Wildman–Crippen MR) is 128 cm³/mol. The number of aliphatic hydroxyl groups excluding tert-OH is 1. The Hall–Kier alpha value is -2.80. The van der Waals surface area contributed by atoms with Gasteiger partial charge in [-0.25, -0.2) is 9.98 Å². The molecule has 2 aromatic carbocycles. The van der Waals surface area contributed by atoms with Gasteiger partial charge in [-0.1, -0.05) is 30.3 Å². The lowest BCUT2D eigenvalue weighted by Crippen LogP contribution is -2.39. The summed E-state index contributed by atoms with van der Waals surface area (Å²) < 4.78 is 46.1. The first kappa shape index (κ1) is 26.5. The zero-order chi connectivity index (χ0) is 23.0. The van der Waals surface area contributed by atoms with Crippen LogP contribution in [0, 0.1) is 0 Å². The van der Waals surface area contributed by atoms with Crippen molar-refractivity contribution in [2.24, 2.45) is 4.99 Å². The maximum atomic E-state index is 12.3. The smallest absolute Gasteiger partial charge is 0.444 e. The van der Waals surface area contributed by atoms with Gasteiger partial charge in [-0.15, -0.1) is 37.1 Å². The number of aliphatic hydroxyl groups is 1. The molecule has 0 amide bonds. The first-order valence-corrected chi connectivity index (χ1v) is 9.90. The van der Waals surface area contributed by atoms with E-state index in [4.69, 9.17) is 4.42 Å².